The van der Waals surface area contributed by atoms with Crippen LogP contribution in [0.2, 0.25) is 0 Å². The molecule has 0 aliphatic rings. The molecule has 1 N–H and O–H groups in total. The molecule has 2 nitrogen and oxygen atoms in total. The molecular weight excluding hydrogens is 321 g/mol. The van der Waals surface area contributed by atoms with E-state index in [1.165, 1.54) is 109 Å². The molecule has 0 spiro atoms. The van der Waals surface area contributed by atoms with Crippen molar-refractivity contribution in [2.45, 2.75) is 135 Å². The monoisotopic (exact) mass is 366 g/mol. The van der Waals surface area contributed by atoms with E-state index in [-0.39, 0.29) is 23.1 Å². The molecule has 0 aromatic heterocycles. The molecule has 0 unspecified atom stereocenters. The van der Waals surface area contributed by atoms with Gasteiger partial charge in [0.1, 0.15) is 0 Å². The highest BCUT2D eigenvalue weighted by Gasteiger charge is 1.97. The van der Waals surface area contributed by atoms with Crippen molar-refractivity contribution in [3.05, 3.63) is 0 Å². The van der Waals surface area contributed by atoms with Gasteiger partial charge in [0.05, 0.1) is 0 Å². The topological polar surface area (TPSA) is 37.3 Å². The summed E-state index contributed by atoms with van der Waals surface area (Å²) in [6.07, 6.45) is 26.1. The van der Waals surface area contributed by atoms with E-state index in [4.69, 9.17) is 5.11 Å². The van der Waals surface area contributed by atoms with Crippen molar-refractivity contribution in [3.63, 3.8) is 0 Å². The van der Waals surface area contributed by atoms with Crippen molar-refractivity contribution in [2.75, 3.05) is 0 Å². The third kappa shape index (κ3) is 26.6. The fourth-order valence-electron chi connectivity index (χ4n) is 3.35. The molecule has 0 rings (SSSR count). The summed E-state index contributed by atoms with van der Waals surface area (Å²) in [6, 6.07) is 0. The van der Waals surface area contributed by atoms with Crippen LogP contribution in [0.1, 0.15) is 135 Å². The van der Waals surface area contributed by atoms with Gasteiger partial charge in [-0.05, 0) is 6.42 Å². The minimum Gasteiger partial charge on any atom is -0.481 e. The number of unbranched alkanes of at least 4 members (excludes halogenated alkanes) is 18. The van der Waals surface area contributed by atoms with E-state index in [0.717, 1.165) is 12.8 Å². The number of hydrogen-bond donors (Lipinski definition) is 1. The molecule has 0 aromatic rings. The molecule has 0 bridgehead atoms. The Hall–Kier alpha value is 0.236. The van der Waals surface area contributed by atoms with Crippen LogP contribution in [0.4, 0.5) is 0 Å². The third-order valence-electron chi connectivity index (χ3n) is 4.99. The first-order valence-electron chi connectivity index (χ1n) is 11.0. The number of carboxylic acid groups (broad SMARTS) is 1. The van der Waals surface area contributed by atoms with Crippen LogP contribution in [0.5, 0.6) is 0 Å². The second kappa shape index (κ2) is 24.2. The van der Waals surface area contributed by atoms with Crippen molar-refractivity contribution >= 4 is 29.0 Å². The molecular formula is C22H46MgO2. The molecule has 25 heavy (non-hydrogen) atoms. The smallest absolute Gasteiger partial charge is 0.316 e. The van der Waals surface area contributed by atoms with Crippen LogP contribution >= 0.6 is 0 Å². The molecule has 0 aromatic carbocycles. The molecule has 0 amide bonds. The highest BCUT2D eigenvalue weighted by molar-refractivity contribution is 5.75. The maximum Gasteiger partial charge on any atom is 0.316 e. The summed E-state index contributed by atoms with van der Waals surface area (Å²) in [5, 5.41) is 8.56. The number of rotatable bonds is 20. The summed E-state index contributed by atoms with van der Waals surface area (Å²) in [5.41, 5.74) is 0. The van der Waals surface area contributed by atoms with Gasteiger partial charge in [0.15, 0.2) is 0 Å². The molecule has 0 aliphatic carbocycles. The van der Waals surface area contributed by atoms with E-state index < -0.39 is 5.97 Å². The van der Waals surface area contributed by atoms with Crippen LogP contribution in [0.3, 0.4) is 0 Å². The lowest BCUT2D eigenvalue weighted by atomic mass is 10.0. The van der Waals surface area contributed by atoms with Crippen molar-refractivity contribution in [1.82, 2.24) is 0 Å². The van der Waals surface area contributed by atoms with Crippen LogP contribution in [0, 0.1) is 0 Å². The predicted octanol–water partition coefficient (Wildman–Crippen LogP) is 6.98. The van der Waals surface area contributed by atoms with Crippen LogP contribution in [-0.4, -0.2) is 34.1 Å². The molecule has 0 fully saturated rings. The lowest BCUT2D eigenvalue weighted by molar-refractivity contribution is -0.137. The molecule has 0 radical (unpaired) electrons. The molecule has 0 aliphatic heterocycles. The minimum absolute atomic E-state index is 0. The average molecular weight is 367 g/mol. The maximum atomic E-state index is 10.4. The second-order valence-corrected chi connectivity index (χ2v) is 7.51. The lowest BCUT2D eigenvalue weighted by Crippen LogP contribution is -1.93. The summed E-state index contributed by atoms with van der Waals surface area (Å²) >= 11 is 0. The zero-order valence-electron chi connectivity index (χ0n) is 16.5. The number of aliphatic carboxylic acids is 1. The van der Waals surface area contributed by atoms with Crippen molar-refractivity contribution in [3.8, 4) is 0 Å². The standard InChI is InChI=1S/C22H44O2.Mg.2H/c1-2-3-4-5-6-7-8-9-10-11-12-13-14-15-16-17-18-19-20-21-22(23)24;;;/h2-21H2,1H3,(H,23,24);;;. The summed E-state index contributed by atoms with van der Waals surface area (Å²) in [4.78, 5) is 10.4. The van der Waals surface area contributed by atoms with E-state index in [1.54, 1.807) is 0 Å². The van der Waals surface area contributed by atoms with Gasteiger partial charge in [0.2, 0.25) is 0 Å². The largest absolute Gasteiger partial charge is 0.481 e. The molecule has 0 atom stereocenters. The second-order valence-electron chi connectivity index (χ2n) is 7.51. The molecule has 0 heterocycles. The normalized spacial score (nSPS) is 10.6. The van der Waals surface area contributed by atoms with Gasteiger partial charge in [-0.3, -0.25) is 4.79 Å². The van der Waals surface area contributed by atoms with Crippen LogP contribution < -0.4 is 0 Å². The van der Waals surface area contributed by atoms with Crippen LogP contribution in [-0.2, 0) is 4.79 Å². The van der Waals surface area contributed by atoms with Crippen LogP contribution in [0.25, 0.3) is 0 Å². The summed E-state index contributed by atoms with van der Waals surface area (Å²) in [5.74, 6) is -0.651. The first-order chi connectivity index (χ1) is 11.8. The first-order valence-corrected chi connectivity index (χ1v) is 11.0. The Morgan fingerprint density at radius 2 is 0.760 bits per heavy atom. The average Bonchev–Trinajstić information content (AvgIpc) is 2.56. The highest BCUT2D eigenvalue weighted by Crippen LogP contribution is 2.14. The molecule has 0 saturated heterocycles. The van der Waals surface area contributed by atoms with Crippen molar-refractivity contribution < 1.29 is 9.90 Å². The fraction of sp³-hybridized carbons (Fsp3) is 0.955. The molecule has 148 valence electrons. The summed E-state index contributed by atoms with van der Waals surface area (Å²) in [7, 11) is 0. The number of carbonyl (C=O) groups is 1. The van der Waals surface area contributed by atoms with E-state index in [1.807, 2.05) is 0 Å². The lowest BCUT2D eigenvalue weighted by Gasteiger charge is -2.03. The molecule has 3 heteroatoms. The Bertz CT molecular complexity index is 256. The van der Waals surface area contributed by atoms with E-state index >= 15 is 0 Å². The minimum atomic E-state index is -0.651. The number of carboxylic acids is 1. The van der Waals surface area contributed by atoms with Gasteiger partial charge < -0.3 is 5.11 Å². The fourth-order valence-corrected chi connectivity index (χ4v) is 3.35. The Balaban J connectivity index is 0. The highest BCUT2D eigenvalue weighted by atomic mass is 24.3. The Morgan fingerprint density at radius 3 is 1.00 bits per heavy atom. The van der Waals surface area contributed by atoms with Gasteiger partial charge in [-0.25, -0.2) is 0 Å². The SMILES string of the molecule is CCCCCCCCCCCCCCCCCCCCCC(=O)O.[MgH2]. The van der Waals surface area contributed by atoms with E-state index in [2.05, 4.69) is 6.92 Å². The zero-order valence-corrected chi connectivity index (χ0v) is 16.5. The van der Waals surface area contributed by atoms with Crippen molar-refractivity contribution in [1.29, 1.82) is 0 Å². The van der Waals surface area contributed by atoms with Gasteiger partial charge in [0, 0.05) is 6.42 Å². The Kier molecular flexibility index (Phi) is 26.6. The van der Waals surface area contributed by atoms with E-state index in [9.17, 15) is 4.79 Å². The van der Waals surface area contributed by atoms with Crippen LogP contribution in [0.15, 0.2) is 0 Å². The summed E-state index contributed by atoms with van der Waals surface area (Å²) < 4.78 is 0. The van der Waals surface area contributed by atoms with Crippen molar-refractivity contribution in [2.24, 2.45) is 0 Å². The van der Waals surface area contributed by atoms with Gasteiger partial charge >= 0.3 is 29.0 Å². The Morgan fingerprint density at radius 1 is 0.520 bits per heavy atom. The predicted molar refractivity (Wildman–Crippen MR) is 114 cm³/mol. The molecule has 0 saturated carbocycles. The van der Waals surface area contributed by atoms with Gasteiger partial charge in [-0.1, -0.05) is 122 Å². The number of hydrogen-bond acceptors (Lipinski definition) is 1. The van der Waals surface area contributed by atoms with Gasteiger partial charge in [-0.2, -0.15) is 0 Å². The van der Waals surface area contributed by atoms with E-state index in [0.29, 0.717) is 6.42 Å². The zero-order chi connectivity index (χ0) is 17.7. The van der Waals surface area contributed by atoms with Gasteiger partial charge in [-0.15, -0.1) is 0 Å². The summed E-state index contributed by atoms with van der Waals surface area (Å²) in [6.45, 7) is 2.28. The Labute approximate surface area is 174 Å². The first kappa shape index (κ1) is 27.5. The maximum absolute atomic E-state index is 10.4. The third-order valence-corrected chi connectivity index (χ3v) is 4.99. The van der Waals surface area contributed by atoms with Gasteiger partial charge in [0.25, 0.3) is 0 Å². The quantitative estimate of drug-likeness (QED) is 0.186.